The van der Waals surface area contributed by atoms with E-state index in [1.165, 1.54) is 15.3 Å². The number of para-hydroxylation sites is 1. The average molecular weight is 354 g/mol. The first-order chi connectivity index (χ1) is 8.81. The van der Waals surface area contributed by atoms with Crippen LogP contribution in [0.3, 0.4) is 0 Å². The van der Waals surface area contributed by atoms with E-state index < -0.39 is 0 Å². The van der Waals surface area contributed by atoms with Crippen LogP contribution in [0.4, 0.5) is 0 Å². The Morgan fingerprint density at radius 1 is 1.33 bits per heavy atom. The molecule has 0 radical (unpaired) electrons. The molecule has 0 saturated carbocycles. The first-order valence-electron chi connectivity index (χ1n) is 5.94. The van der Waals surface area contributed by atoms with E-state index in [1.54, 1.807) is 6.20 Å². The van der Waals surface area contributed by atoms with Gasteiger partial charge in [0.25, 0.3) is 0 Å². The van der Waals surface area contributed by atoms with E-state index in [4.69, 9.17) is 0 Å². The summed E-state index contributed by atoms with van der Waals surface area (Å²) in [5, 5.41) is 0.659. The summed E-state index contributed by atoms with van der Waals surface area (Å²) in [7, 11) is 0. The van der Waals surface area contributed by atoms with Crippen LogP contribution in [0.2, 0.25) is 0 Å². The molecule has 2 heterocycles. The molecule has 1 aliphatic heterocycles. The molecule has 1 atom stereocenters. The number of aromatic nitrogens is 1. The Kier molecular flexibility index (Phi) is 3.20. The number of halogens is 1. The first kappa shape index (κ1) is 11.9. The number of rotatable bonds is 2. The molecule has 0 spiro atoms. The van der Waals surface area contributed by atoms with Gasteiger partial charge in [0.05, 0.1) is 0 Å². The van der Waals surface area contributed by atoms with Crippen LogP contribution in [-0.2, 0) is 0 Å². The zero-order valence-electron chi connectivity index (χ0n) is 9.80. The summed E-state index contributed by atoms with van der Waals surface area (Å²) in [5.74, 6) is 0. The third kappa shape index (κ3) is 1.88. The van der Waals surface area contributed by atoms with Crippen molar-refractivity contribution in [3.05, 3.63) is 46.2 Å². The normalized spacial score (nSPS) is 19.7. The van der Waals surface area contributed by atoms with Crippen molar-refractivity contribution in [1.29, 1.82) is 0 Å². The number of pyridine rings is 1. The fourth-order valence-corrected chi connectivity index (χ4v) is 5.59. The van der Waals surface area contributed by atoms with E-state index in [9.17, 15) is 9.59 Å². The second-order valence-corrected chi connectivity index (χ2v) is 7.47. The molecule has 0 N–H and O–H groups in total. The standard InChI is InChI=1S/C14H13INO2/c17-9-10-8-16(11-5-6-15-7-11)13-4-2-1-3-12(13)14(10)18/h1-4,8-9,11H,5-7H2/q-1. The summed E-state index contributed by atoms with van der Waals surface area (Å²) in [6, 6.07) is 8.06. The SMILES string of the molecule is O=Cc1cn(C2CC[I-]C2)c2ccccc2c1=O. The van der Waals surface area contributed by atoms with Crippen LogP contribution in [0.15, 0.2) is 35.3 Å². The topological polar surface area (TPSA) is 39.1 Å². The molecule has 3 nitrogen and oxygen atoms in total. The van der Waals surface area contributed by atoms with Crippen LogP contribution in [0.25, 0.3) is 10.9 Å². The molecule has 1 aliphatic rings. The van der Waals surface area contributed by atoms with Crippen molar-refractivity contribution in [2.24, 2.45) is 0 Å². The fourth-order valence-electron chi connectivity index (χ4n) is 2.41. The van der Waals surface area contributed by atoms with Crippen LogP contribution in [0.1, 0.15) is 22.8 Å². The summed E-state index contributed by atoms with van der Waals surface area (Å²) in [6.45, 7) is 0. The van der Waals surface area contributed by atoms with Gasteiger partial charge in [-0.3, -0.25) is 0 Å². The summed E-state index contributed by atoms with van der Waals surface area (Å²) in [6.07, 6.45) is 3.60. The van der Waals surface area contributed by atoms with Crippen LogP contribution in [0.5, 0.6) is 0 Å². The number of alkyl halides is 2. The Morgan fingerprint density at radius 3 is 2.89 bits per heavy atom. The number of carbonyl (C=O) groups excluding carboxylic acids is 1. The molecule has 1 aromatic heterocycles. The molecule has 0 aliphatic carbocycles. The van der Waals surface area contributed by atoms with E-state index in [-0.39, 0.29) is 11.0 Å². The monoisotopic (exact) mass is 354 g/mol. The number of aldehydes is 1. The number of hydrogen-bond donors (Lipinski definition) is 0. The third-order valence-corrected chi connectivity index (χ3v) is 6.38. The van der Waals surface area contributed by atoms with E-state index in [1.807, 2.05) is 24.3 Å². The molecule has 2 aromatic rings. The average Bonchev–Trinajstić information content (AvgIpc) is 2.93. The number of fused-ring (bicyclic) bond motifs is 1. The van der Waals surface area contributed by atoms with Gasteiger partial charge in [-0.15, -0.1) is 0 Å². The van der Waals surface area contributed by atoms with Gasteiger partial charge < -0.3 is 0 Å². The van der Waals surface area contributed by atoms with Crippen molar-refractivity contribution < 1.29 is 26.0 Å². The quantitative estimate of drug-likeness (QED) is 0.388. The van der Waals surface area contributed by atoms with Gasteiger partial charge in [0.2, 0.25) is 0 Å². The maximum absolute atomic E-state index is 12.1. The molecule has 0 amide bonds. The van der Waals surface area contributed by atoms with Crippen LogP contribution >= 0.6 is 0 Å². The van der Waals surface area contributed by atoms with E-state index in [0.29, 0.717) is 38.9 Å². The first-order valence-corrected chi connectivity index (χ1v) is 8.99. The second-order valence-electron chi connectivity index (χ2n) is 4.43. The van der Waals surface area contributed by atoms with Gasteiger partial charge in [0.15, 0.2) is 0 Å². The molecule has 1 fully saturated rings. The van der Waals surface area contributed by atoms with Crippen molar-refractivity contribution in [1.82, 2.24) is 4.57 Å². The van der Waals surface area contributed by atoms with Crippen LogP contribution in [-0.4, -0.2) is 19.7 Å². The fraction of sp³-hybridized carbons (Fsp3) is 0.286. The number of nitrogens with zero attached hydrogens (tertiary/aromatic N) is 1. The molecule has 94 valence electrons. The van der Waals surface area contributed by atoms with Crippen molar-refractivity contribution in [2.75, 3.05) is 8.86 Å². The molecule has 1 saturated heterocycles. The van der Waals surface area contributed by atoms with Gasteiger partial charge in [-0.2, -0.15) is 0 Å². The van der Waals surface area contributed by atoms with Gasteiger partial charge in [0, 0.05) is 0 Å². The zero-order valence-corrected chi connectivity index (χ0v) is 12.0. The van der Waals surface area contributed by atoms with Crippen molar-refractivity contribution in [3.8, 4) is 0 Å². The Morgan fingerprint density at radius 2 is 2.17 bits per heavy atom. The van der Waals surface area contributed by atoms with Crippen molar-refractivity contribution >= 4 is 17.2 Å². The summed E-state index contributed by atoms with van der Waals surface area (Å²) < 4.78 is 4.72. The molecule has 4 heteroatoms. The Bertz CT molecular complexity index is 656. The molecule has 0 bridgehead atoms. The summed E-state index contributed by atoms with van der Waals surface area (Å²) >= 11 is 0.310. The molecule has 18 heavy (non-hydrogen) atoms. The molecule has 3 rings (SSSR count). The number of carbonyl (C=O) groups is 1. The Labute approximate surface area is 115 Å². The van der Waals surface area contributed by atoms with Gasteiger partial charge in [0.1, 0.15) is 0 Å². The zero-order chi connectivity index (χ0) is 12.5. The molecular formula is C14H13INO2-. The third-order valence-electron chi connectivity index (χ3n) is 3.35. The molecule has 1 unspecified atom stereocenters. The Balaban J connectivity index is 2.32. The number of benzene rings is 1. The Hall–Kier alpha value is -1.17. The van der Waals surface area contributed by atoms with Gasteiger partial charge in [-0.05, 0) is 0 Å². The number of hydrogen-bond acceptors (Lipinski definition) is 2. The van der Waals surface area contributed by atoms with E-state index in [2.05, 4.69) is 4.57 Å². The van der Waals surface area contributed by atoms with E-state index in [0.717, 1.165) is 5.52 Å². The summed E-state index contributed by atoms with van der Waals surface area (Å²) in [4.78, 5) is 23.1. The van der Waals surface area contributed by atoms with Gasteiger partial charge in [-0.1, -0.05) is 0 Å². The summed E-state index contributed by atoms with van der Waals surface area (Å²) in [5.41, 5.74) is 1.09. The molecular weight excluding hydrogens is 341 g/mol. The predicted octanol–water partition coefficient (Wildman–Crippen LogP) is -1.15. The predicted molar refractivity (Wildman–Crippen MR) is 67.0 cm³/mol. The van der Waals surface area contributed by atoms with Crippen molar-refractivity contribution in [2.45, 2.75) is 12.5 Å². The minimum absolute atomic E-state index is 0.149. The van der Waals surface area contributed by atoms with Crippen LogP contribution < -0.4 is 26.6 Å². The maximum atomic E-state index is 12.1. The van der Waals surface area contributed by atoms with Crippen molar-refractivity contribution in [3.63, 3.8) is 0 Å². The van der Waals surface area contributed by atoms with Gasteiger partial charge in [-0.25, -0.2) is 0 Å². The van der Waals surface area contributed by atoms with Gasteiger partial charge >= 0.3 is 115 Å². The molecule has 1 aromatic carbocycles. The van der Waals surface area contributed by atoms with Crippen LogP contribution in [0, 0.1) is 0 Å². The minimum atomic E-state index is -0.149. The van der Waals surface area contributed by atoms with E-state index >= 15 is 0 Å². The second kappa shape index (κ2) is 4.84.